The first kappa shape index (κ1) is 25.2. The molecule has 1 unspecified atom stereocenters. The van der Waals surface area contributed by atoms with E-state index in [0.717, 1.165) is 50.8 Å². The van der Waals surface area contributed by atoms with Crippen LogP contribution in [0.3, 0.4) is 0 Å². The number of hydrogen-bond acceptors (Lipinski definition) is 6. The normalized spacial score (nSPS) is 20.3. The molecule has 4 rings (SSSR count). The van der Waals surface area contributed by atoms with E-state index in [2.05, 4.69) is 17.1 Å². The van der Waals surface area contributed by atoms with Crippen LogP contribution in [-0.2, 0) is 21.4 Å². The van der Waals surface area contributed by atoms with Crippen LogP contribution in [0.15, 0.2) is 34.3 Å². The summed E-state index contributed by atoms with van der Waals surface area (Å²) < 4.78 is 29.7. The number of benzene rings is 1. The van der Waals surface area contributed by atoms with Gasteiger partial charge in [-0.2, -0.15) is 4.31 Å². The van der Waals surface area contributed by atoms with E-state index < -0.39 is 10.0 Å². The number of aromatic nitrogens is 3. The topological polar surface area (TPSA) is 88.4 Å². The molecule has 10 heteroatoms. The van der Waals surface area contributed by atoms with Gasteiger partial charge in [0.05, 0.1) is 10.6 Å². The predicted octanol–water partition coefficient (Wildman–Crippen LogP) is 3.88. The van der Waals surface area contributed by atoms with E-state index in [1.54, 1.807) is 28.6 Å². The molecule has 2 aromatic rings. The van der Waals surface area contributed by atoms with Gasteiger partial charge in [0.25, 0.3) is 0 Å². The van der Waals surface area contributed by atoms with Gasteiger partial charge < -0.3 is 9.47 Å². The number of carbonyl (C=O) groups is 1. The summed E-state index contributed by atoms with van der Waals surface area (Å²) in [5.74, 6) is 1.73. The highest BCUT2D eigenvalue weighted by Crippen LogP contribution is 2.27. The first-order valence-corrected chi connectivity index (χ1v) is 14.8. The van der Waals surface area contributed by atoms with E-state index in [-0.39, 0.29) is 5.91 Å². The first-order chi connectivity index (χ1) is 16.4. The van der Waals surface area contributed by atoms with Crippen molar-refractivity contribution in [3.8, 4) is 11.4 Å². The molecule has 0 aliphatic carbocycles. The maximum absolute atomic E-state index is 13.1. The molecular weight excluding hydrogens is 470 g/mol. The Morgan fingerprint density at radius 1 is 1.03 bits per heavy atom. The number of likely N-dealkylation sites (tertiary alicyclic amines) is 1. The van der Waals surface area contributed by atoms with Gasteiger partial charge in [0.15, 0.2) is 11.0 Å². The Balaban J connectivity index is 1.45. The Morgan fingerprint density at radius 2 is 1.74 bits per heavy atom. The third-order valence-electron chi connectivity index (χ3n) is 6.68. The van der Waals surface area contributed by atoms with Crippen molar-refractivity contribution in [3.63, 3.8) is 0 Å². The van der Waals surface area contributed by atoms with Crippen LogP contribution < -0.4 is 0 Å². The van der Waals surface area contributed by atoms with Gasteiger partial charge in [-0.3, -0.25) is 4.79 Å². The lowest BCUT2D eigenvalue weighted by Crippen LogP contribution is -2.40. The largest absolute Gasteiger partial charge is 0.342 e. The number of nitrogens with zero attached hydrogens (tertiary/aromatic N) is 5. The van der Waals surface area contributed by atoms with E-state index in [1.807, 2.05) is 16.4 Å². The van der Waals surface area contributed by atoms with Crippen LogP contribution in [0, 0.1) is 5.92 Å². The molecule has 0 N–H and O–H groups in total. The van der Waals surface area contributed by atoms with Gasteiger partial charge in [-0.15, -0.1) is 10.2 Å². The van der Waals surface area contributed by atoms with Crippen molar-refractivity contribution in [1.82, 2.24) is 24.0 Å². The average molecular weight is 506 g/mol. The second-order valence-corrected chi connectivity index (χ2v) is 12.1. The molecule has 2 saturated heterocycles. The third-order valence-corrected chi connectivity index (χ3v) is 9.55. The Morgan fingerprint density at radius 3 is 2.38 bits per heavy atom. The van der Waals surface area contributed by atoms with Crippen molar-refractivity contribution in [2.24, 2.45) is 5.92 Å². The van der Waals surface area contributed by atoms with Crippen LogP contribution in [0.4, 0.5) is 0 Å². The fourth-order valence-electron chi connectivity index (χ4n) is 4.73. The lowest BCUT2D eigenvalue weighted by Gasteiger charge is -2.30. The number of carbonyl (C=O) groups excluding carboxylic acids is 1. The number of amides is 1. The van der Waals surface area contributed by atoms with Gasteiger partial charge in [-0.05, 0) is 62.8 Å². The Bertz CT molecular complexity index is 1080. The zero-order chi connectivity index (χ0) is 24.1. The summed E-state index contributed by atoms with van der Waals surface area (Å²) >= 11 is 1.41. The summed E-state index contributed by atoms with van der Waals surface area (Å²) in [5.41, 5.74) is 0.812. The smallest absolute Gasteiger partial charge is 0.243 e. The Kier molecular flexibility index (Phi) is 8.31. The SMILES string of the molecule is CCn1c(SCC(=O)N2CCCC(C)C2)nnc1-c1ccc(S(=O)(=O)N2CCCCCC2)cc1. The van der Waals surface area contributed by atoms with Gasteiger partial charge in [0.2, 0.25) is 15.9 Å². The molecule has 2 aliphatic rings. The minimum absolute atomic E-state index is 0.145. The van der Waals surface area contributed by atoms with Crippen molar-refractivity contribution in [3.05, 3.63) is 24.3 Å². The lowest BCUT2D eigenvalue weighted by atomic mass is 10.0. The Labute approximate surface area is 207 Å². The molecule has 1 atom stereocenters. The molecular formula is C24H35N5O3S2. The molecule has 186 valence electrons. The number of thioether (sulfide) groups is 1. The summed E-state index contributed by atoms with van der Waals surface area (Å²) in [6, 6.07) is 6.93. The molecule has 0 bridgehead atoms. The lowest BCUT2D eigenvalue weighted by molar-refractivity contribution is -0.130. The fourth-order valence-corrected chi connectivity index (χ4v) is 7.16. The molecule has 1 aromatic carbocycles. The number of piperidine rings is 1. The van der Waals surface area contributed by atoms with Gasteiger partial charge in [-0.1, -0.05) is 31.5 Å². The molecule has 8 nitrogen and oxygen atoms in total. The maximum atomic E-state index is 13.1. The van der Waals surface area contributed by atoms with E-state index >= 15 is 0 Å². The number of sulfonamides is 1. The average Bonchev–Trinajstić information content (AvgIpc) is 3.04. The van der Waals surface area contributed by atoms with Crippen molar-refractivity contribution in [2.75, 3.05) is 31.9 Å². The molecule has 3 heterocycles. The molecule has 1 aromatic heterocycles. The van der Waals surface area contributed by atoms with Gasteiger partial charge in [0.1, 0.15) is 0 Å². The molecule has 0 radical (unpaired) electrons. The van der Waals surface area contributed by atoms with E-state index in [9.17, 15) is 13.2 Å². The van der Waals surface area contributed by atoms with Crippen molar-refractivity contribution in [1.29, 1.82) is 0 Å². The van der Waals surface area contributed by atoms with Crippen LogP contribution in [0.2, 0.25) is 0 Å². The Hall–Kier alpha value is -1.91. The van der Waals surface area contributed by atoms with Crippen molar-refractivity contribution in [2.45, 2.75) is 69.0 Å². The van der Waals surface area contributed by atoms with Gasteiger partial charge in [0, 0.05) is 38.3 Å². The fraction of sp³-hybridized carbons (Fsp3) is 0.625. The number of hydrogen-bond donors (Lipinski definition) is 0. The second-order valence-electron chi connectivity index (χ2n) is 9.27. The number of rotatable bonds is 7. The minimum Gasteiger partial charge on any atom is -0.342 e. The quantitative estimate of drug-likeness (QED) is 0.531. The minimum atomic E-state index is -3.48. The van der Waals surface area contributed by atoms with Crippen molar-refractivity contribution >= 4 is 27.7 Å². The monoisotopic (exact) mass is 505 g/mol. The zero-order valence-corrected chi connectivity index (χ0v) is 21.8. The molecule has 2 fully saturated rings. The maximum Gasteiger partial charge on any atom is 0.243 e. The van der Waals surface area contributed by atoms with E-state index in [1.165, 1.54) is 18.2 Å². The molecule has 0 spiro atoms. The predicted molar refractivity (Wildman–Crippen MR) is 134 cm³/mol. The molecule has 34 heavy (non-hydrogen) atoms. The van der Waals surface area contributed by atoms with Crippen LogP contribution in [0.1, 0.15) is 52.4 Å². The third kappa shape index (κ3) is 5.66. The summed E-state index contributed by atoms with van der Waals surface area (Å²) in [5, 5.41) is 9.40. The summed E-state index contributed by atoms with van der Waals surface area (Å²) in [4.78, 5) is 14.9. The van der Waals surface area contributed by atoms with E-state index in [4.69, 9.17) is 0 Å². The zero-order valence-electron chi connectivity index (χ0n) is 20.1. The van der Waals surface area contributed by atoms with Crippen LogP contribution >= 0.6 is 11.8 Å². The second kappa shape index (κ2) is 11.2. The van der Waals surface area contributed by atoms with Gasteiger partial charge in [-0.25, -0.2) is 8.42 Å². The highest BCUT2D eigenvalue weighted by Gasteiger charge is 2.26. The standard InChI is InChI=1S/C24H35N5O3S2/c1-3-29-23(25-26-24(29)33-18-22(30)27-14-8-9-19(2)17-27)20-10-12-21(13-11-20)34(31,32)28-15-6-4-5-7-16-28/h10-13,19H,3-9,14-18H2,1-2H3. The molecule has 2 aliphatic heterocycles. The summed E-state index contributed by atoms with van der Waals surface area (Å²) in [6.45, 7) is 7.71. The highest BCUT2D eigenvalue weighted by atomic mass is 32.2. The summed E-state index contributed by atoms with van der Waals surface area (Å²) in [6.07, 6.45) is 6.24. The molecule has 0 saturated carbocycles. The van der Waals surface area contributed by atoms with Crippen LogP contribution in [-0.4, -0.2) is 70.2 Å². The van der Waals surface area contributed by atoms with E-state index in [0.29, 0.717) is 47.2 Å². The van der Waals surface area contributed by atoms with Crippen molar-refractivity contribution < 1.29 is 13.2 Å². The highest BCUT2D eigenvalue weighted by molar-refractivity contribution is 7.99. The van der Waals surface area contributed by atoms with Crippen LogP contribution in [0.5, 0.6) is 0 Å². The molecule has 1 amide bonds. The first-order valence-electron chi connectivity index (χ1n) is 12.3. The summed E-state index contributed by atoms with van der Waals surface area (Å²) in [7, 11) is -3.48. The van der Waals surface area contributed by atoms with Crippen LogP contribution in [0.25, 0.3) is 11.4 Å². The van der Waals surface area contributed by atoms with Gasteiger partial charge >= 0.3 is 0 Å².